The van der Waals surface area contributed by atoms with Gasteiger partial charge in [0.15, 0.2) is 0 Å². The van der Waals surface area contributed by atoms with Gasteiger partial charge in [-0.15, -0.1) is 22.7 Å². The second kappa shape index (κ2) is 26.3. The lowest BCUT2D eigenvalue weighted by atomic mass is 9.77. The summed E-state index contributed by atoms with van der Waals surface area (Å²) >= 11 is 2.67. The van der Waals surface area contributed by atoms with E-state index < -0.39 is 77.3 Å². The molecule has 0 radical (unpaired) electrons. The van der Waals surface area contributed by atoms with Crippen molar-refractivity contribution < 1.29 is 44.0 Å². The van der Waals surface area contributed by atoms with E-state index in [4.69, 9.17) is 4.74 Å². The first kappa shape index (κ1) is 57.8. The number of benzene rings is 3. The second-order valence-corrected chi connectivity index (χ2v) is 23.6. The summed E-state index contributed by atoms with van der Waals surface area (Å²) in [5.74, 6) is -2.84. The number of aliphatic hydroxyl groups is 3. The predicted octanol–water partition coefficient (Wildman–Crippen LogP) is 4.95. The molecule has 5 amide bonds. The van der Waals surface area contributed by atoms with Crippen molar-refractivity contribution in [2.24, 2.45) is 5.92 Å². The molecule has 6 rings (SSSR count). The van der Waals surface area contributed by atoms with Crippen LogP contribution in [0.15, 0.2) is 114 Å². The standard InChI is InChI=1S/C54H67N9O9S3/c1-33(47(67)61-43(35(3)64)49(69)56-27-25-42-59-41(31-73-42)51-60-40(30-74-51)48(68)55-26-18-28-75(7)8)45(65)34(2)58-50(70)44(62-52(71)72-53(4,5)6)46(66)39-29-63(32-57-39)54(36-19-12-9-13-20-36,37-21-14-10-15-22-37)38-23-16-11-17-24-38/h9-17,19-24,29-35,43-46,64-66H,18,25-28H2,1-8H3,(H4-,55,56,58,61,62,67,68,69,70,71)/p+1/t33-,34+,35+,43-,44-,45-,46-/m0/s1. The summed E-state index contributed by atoms with van der Waals surface area (Å²) in [5.41, 5.74) is 1.60. The molecule has 18 nitrogen and oxygen atoms in total. The molecule has 7 atom stereocenters. The van der Waals surface area contributed by atoms with Gasteiger partial charge in [-0.1, -0.05) is 97.9 Å². The summed E-state index contributed by atoms with van der Waals surface area (Å²) in [6, 6.07) is 25.0. The van der Waals surface area contributed by atoms with Gasteiger partial charge in [-0.25, -0.2) is 19.7 Å². The first-order valence-electron chi connectivity index (χ1n) is 24.5. The quantitative estimate of drug-likeness (QED) is 0.0228. The molecule has 3 aromatic carbocycles. The Morgan fingerprint density at radius 2 is 1.32 bits per heavy atom. The maximum atomic E-state index is 14.3. The molecular weight excluding hydrogens is 1010 g/mol. The number of imidazole rings is 1. The summed E-state index contributed by atoms with van der Waals surface area (Å²) in [6.07, 6.45) is 3.04. The highest BCUT2D eigenvalue weighted by Gasteiger charge is 2.41. The Hall–Kier alpha value is -6.49. The summed E-state index contributed by atoms with van der Waals surface area (Å²) in [6.45, 7) is 9.80. The van der Waals surface area contributed by atoms with E-state index in [2.05, 4.69) is 54.0 Å². The Morgan fingerprint density at radius 1 is 0.720 bits per heavy atom. The van der Waals surface area contributed by atoms with Crippen molar-refractivity contribution >= 4 is 63.3 Å². The molecule has 6 aromatic rings. The fourth-order valence-corrected chi connectivity index (χ4v) is 10.6. The second-order valence-electron chi connectivity index (χ2n) is 19.4. The summed E-state index contributed by atoms with van der Waals surface area (Å²) in [4.78, 5) is 80.8. The fraction of sp³-hybridized carbons (Fsp3) is 0.407. The molecule has 0 saturated carbocycles. The molecule has 3 heterocycles. The van der Waals surface area contributed by atoms with Crippen LogP contribution >= 0.6 is 22.7 Å². The fourth-order valence-electron chi connectivity index (χ4n) is 8.31. The first-order chi connectivity index (χ1) is 35.7. The van der Waals surface area contributed by atoms with Crippen molar-refractivity contribution in [2.75, 3.05) is 31.4 Å². The SMILES string of the molecule is C[C@H](C(=O)N[C@H](C(=O)NCCc1nc(-c2nc(C(=O)NCCC[S+](C)C)cs2)cs1)[C@@H](C)O)[C@H](O)[C@@H](C)NC(=O)[C@@H](NC(=O)OC(C)(C)C)[C@@H](O)c1cn(C(c2ccccc2)(c2ccccc2)c2ccccc2)cn1. The number of nitrogens with zero attached hydrogens (tertiary/aromatic N) is 4. The van der Waals surface area contributed by atoms with Gasteiger partial charge < -0.3 is 51.2 Å². The third-order valence-corrected chi connectivity index (χ3v) is 15.0. The van der Waals surface area contributed by atoms with Crippen LogP contribution in [0.1, 0.15) is 91.9 Å². The molecule has 0 aliphatic carbocycles. The van der Waals surface area contributed by atoms with Crippen LogP contribution < -0.4 is 26.6 Å². The zero-order chi connectivity index (χ0) is 54.5. The molecule has 21 heteroatoms. The zero-order valence-corrected chi connectivity index (χ0v) is 45.8. The Morgan fingerprint density at radius 3 is 1.88 bits per heavy atom. The maximum absolute atomic E-state index is 14.3. The highest BCUT2D eigenvalue weighted by molar-refractivity contribution is 7.95. The van der Waals surface area contributed by atoms with Crippen molar-refractivity contribution in [2.45, 2.75) is 102 Å². The van der Waals surface area contributed by atoms with Gasteiger partial charge in [-0.2, -0.15) is 0 Å². The van der Waals surface area contributed by atoms with E-state index >= 15 is 0 Å². The number of carbonyl (C=O) groups excluding carboxylic acids is 5. The van der Waals surface area contributed by atoms with Gasteiger partial charge in [-0.3, -0.25) is 19.2 Å². The molecule has 0 fully saturated rings. The Kier molecular flexibility index (Phi) is 20.3. The number of nitrogens with one attached hydrogen (secondary N) is 5. The number of hydrogen-bond acceptors (Lipinski definition) is 14. The van der Waals surface area contributed by atoms with Crippen molar-refractivity contribution in [3.8, 4) is 10.7 Å². The summed E-state index contributed by atoms with van der Waals surface area (Å²) < 4.78 is 7.33. The van der Waals surface area contributed by atoms with Gasteiger partial charge in [0.25, 0.3) is 5.91 Å². The van der Waals surface area contributed by atoms with E-state index in [9.17, 15) is 39.3 Å². The van der Waals surface area contributed by atoms with Crippen LogP contribution in [0, 0.1) is 5.92 Å². The Bertz CT molecular complexity index is 2720. The highest BCUT2D eigenvalue weighted by Crippen LogP contribution is 2.41. The molecule has 0 saturated heterocycles. The molecule has 8 N–H and O–H groups in total. The largest absolute Gasteiger partial charge is 0.444 e. The number of aromatic nitrogens is 4. The monoisotopic (exact) mass is 1080 g/mol. The molecular formula is C54H68N9O9S3+. The number of alkyl carbamates (subject to hydrolysis) is 1. The van der Waals surface area contributed by atoms with Crippen molar-refractivity contribution in [1.29, 1.82) is 0 Å². The van der Waals surface area contributed by atoms with Crippen LogP contribution in [-0.4, -0.2) is 132 Å². The van der Waals surface area contributed by atoms with Gasteiger partial charge in [0.05, 0.1) is 53.7 Å². The number of ether oxygens (including phenoxy) is 1. The summed E-state index contributed by atoms with van der Waals surface area (Å²) in [5, 5.41) is 52.2. The number of aliphatic hydroxyl groups excluding tert-OH is 3. The van der Waals surface area contributed by atoms with E-state index in [-0.39, 0.29) is 18.1 Å². The third kappa shape index (κ3) is 15.1. The minimum Gasteiger partial charge on any atom is -0.444 e. The normalized spacial score (nSPS) is 14.6. The number of hydrogen-bond donors (Lipinski definition) is 8. The average molecular weight is 1080 g/mol. The van der Waals surface area contributed by atoms with Gasteiger partial charge >= 0.3 is 6.09 Å². The molecule has 0 aliphatic heterocycles. The van der Waals surface area contributed by atoms with E-state index in [0.29, 0.717) is 45.3 Å². The smallest absolute Gasteiger partial charge is 0.408 e. The Labute approximate surface area is 448 Å². The topological polar surface area (TPSA) is 259 Å². The molecule has 400 valence electrons. The zero-order valence-electron chi connectivity index (χ0n) is 43.4. The Balaban J connectivity index is 1.11. The molecule has 75 heavy (non-hydrogen) atoms. The van der Waals surface area contributed by atoms with Gasteiger partial charge in [0.1, 0.15) is 51.5 Å². The van der Waals surface area contributed by atoms with Crippen LogP contribution in [0.3, 0.4) is 0 Å². The number of carbonyl (C=O) groups is 5. The lowest BCUT2D eigenvalue weighted by Crippen LogP contribution is -2.58. The maximum Gasteiger partial charge on any atom is 0.408 e. The van der Waals surface area contributed by atoms with E-state index in [0.717, 1.165) is 28.9 Å². The average Bonchev–Trinajstić information content (AvgIpc) is 4.19. The van der Waals surface area contributed by atoms with E-state index in [1.54, 1.807) is 38.7 Å². The van der Waals surface area contributed by atoms with Crippen LogP contribution in [0.4, 0.5) is 4.79 Å². The highest BCUT2D eigenvalue weighted by atomic mass is 32.2. The number of thiazole rings is 2. The minimum atomic E-state index is -1.76. The van der Waals surface area contributed by atoms with Gasteiger partial charge in [0.2, 0.25) is 17.7 Å². The molecule has 0 aliphatic rings. The van der Waals surface area contributed by atoms with Crippen molar-refractivity contribution in [3.63, 3.8) is 0 Å². The lowest BCUT2D eigenvalue weighted by molar-refractivity contribution is -0.136. The van der Waals surface area contributed by atoms with Crippen molar-refractivity contribution in [3.05, 3.63) is 147 Å². The van der Waals surface area contributed by atoms with Crippen LogP contribution in [0.5, 0.6) is 0 Å². The van der Waals surface area contributed by atoms with Crippen LogP contribution in [-0.2, 0) is 42.0 Å². The molecule has 0 bridgehead atoms. The van der Waals surface area contributed by atoms with Gasteiger partial charge in [-0.05, 0) is 62.2 Å². The van der Waals surface area contributed by atoms with Gasteiger partial charge in [0, 0.05) is 42.9 Å². The minimum absolute atomic E-state index is 0.0256. The van der Waals surface area contributed by atoms with E-state index in [1.807, 2.05) is 101 Å². The van der Waals surface area contributed by atoms with Crippen LogP contribution in [0.25, 0.3) is 10.7 Å². The first-order valence-corrected chi connectivity index (χ1v) is 28.5. The molecule has 3 aromatic heterocycles. The van der Waals surface area contributed by atoms with Crippen molar-refractivity contribution in [1.82, 2.24) is 46.1 Å². The molecule has 0 spiro atoms. The predicted molar refractivity (Wildman–Crippen MR) is 292 cm³/mol. The van der Waals surface area contributed by atoms with Crippen LogP contribution in [0.2, 0.25) is 0 Å². The number of rotatable bonds is 24. The summed E-state index contributed by atoms with van der Waals surface area (Å²) in [7, 11) is 0.307. The van der Waals surface area contributed by atoms with E-state index in [1.165, 1.54) is 43.4 Å². The third-order valence-electron chi connectivity index (χ3n) is 12.2. The lowest BCUT2D eigenvalue weighted by Gasteiger charge is -2.37. The number of amides is 5. The molecule has 0 unspecified atom stereocenters.